The molecule has 0 bridgehead atoms. The predicted molar refractivity (Wildman–Crippen MR) is 36.1 cm³/mol. The van der Waals surface area contributed by atoms with Gasteiger partial charge in [-0.15, -0.1) is 11.3 Å². The van der Waals surface area contributed by atoms with Gasteiger partial charge in [0.2, 0.25) is 0 Å². The fraction of sp³-hybridized carbons (Fsp3) is 0.200. The van der Waals surface area contributed by atoms with Crippen molar-refractivity contribution in [2.45, 2.75) is 6.92 Å². The summed E-state index contributed by atoms with van der Waals surface area (Å²) >= 11 is 1.45. The number of hydrogen-bond donors (Lipinski definition) is 1. The molecule has 0 radical (unpaired) electrons. The second-order valence-corrected chi connectivity index (χ2v) is 2.44. The van der Waals surface area contributed by atoms with Gasteiger partial charge in [0.05, 0.1) is 16.1 Å². The lowest BCUT2D eigenvalue weighted by molar-refractivity contribution is 0.319. The molecule has 3 nitrogen and oxygen atoms in total. The molecule has 0 amide bonds. The highest BCUT2D eigenvalue weighted by Crippen LogP contribution is 2.05. The standard InChI is InChI=1S/C5H6N2OS/c1-4(7-8)5-2-6-3-9-5/h2-3,8H,1H3. The fourth-order valence-corrected chi connectivity index (χ4v) is 1.01. The number of nitrogens with zero attached hydrogens (tertiary/aromatic N) is 2. The molecule has 4 heteroatoms. The molecule has 1 aromatic heterocycles. The molecule has 1 N–H and O–H groups in total. The van der Waals surface area contributed by atoms with Gasteiger partial charge in [-0.3, -0.25) is 4.98 Å². The molecule has 1 rings (SSSR count). The number of aromatic nitrogens is 1. The summed E-state index contributed by atoms with van der Waals surface area (Å²) in [6.45, 7) is 1.73. The van der Waals surface area contributed by atoms with E-state index in [2.05, 4.69) is 10.1 Å². The van der Waals surface area contributed by atoms with Crippen LogP contribution >= 0.6 is 11.3 Å². The van der Waals surface area contributed by atoms with Crippen LogP contribution in [0, 0.1) is 0 Å². The summed E-state index contributed by atoms with van der Waals surface area (Å²) in [6, 6.07) is 0. The minimum absolute atomic E-state index is 0.609. The van der Waals surface area contributed by atoms with E-state index in [9.17, 15) is 0 Å². The van der Waals surface area contributed by atoms with Gasteiger partial charge in [0.1, 0.15) is 0 Å². The van der Waals surface area contributed by atoms with Crippen molar-refractivity contribution in [3.63, 3.8) is 0 Å². The van der Waals surface area contributed by atoms with E-state index in [1.54, 1.807) is 18.6 Å². The van der Waals surface area contributed by atoms with Crippen LogP contribution in [-0.4, -0.2) is 15.9 Å². The topological polar surface area (TPSA) is 45.5 Å². The second kappa shape index (κ2) is 2.59. The maximum atomic E-state index is 8.27. The zero-order valence-corrected chi connectivity index (χ0v) is 5.72. The Labute approximate surface area is 56.7 Å². The Morgan fingerprint density at radius 2 is 2.67 bits per heavy atom. The minimum atomic E-state index is 0.609. The molecule has 0 aromatic carbocycles. The monoisotopic (exact) mass is 142 g/mol. The van der Waals surface area contributed by atoms with Crippen molar-refractivity contribution in [3.8, 4) is 0 Å². The molecule has 1 aromatic rings. The van der Waals surface area contributed by atoms with E-state index in [1.807, 2.05) is 0 Å². The average molecular weight is 142 g/mol. The molecule has 1 heterocycles. The van der Waals surface area contributed by atoms with Crippen LogP contribution in [0.3, 0.4) is 0 Å². The zero-order chi connectivity index (χ0) is 6.69. The van der Waals surface area contributed by atoms with Gasteiger partial charge in [-0.25, -0.2) is 0 Å². The van der Waals surface area contributed by atoms with Crippen LogP contribution in [0.1, 0.15) is 11.8 Å². The molecular formula is C5H6N2OS. The molecule has 0 atom stereocenters. The highest BCUT2D eigenvalue weighted by Gasteiger charge is 1.96. The molecule has 0 saturated carbocycles. The maximum absolute atomic E-state index is 8.27. The third kappa shape index (κ3) is 1.26. The van der Waals surface area contributed by atoms with Crippen LogP contribution in [0.5, 0.6) is 0 Å². The number of hydrogen-bond acceptors (Lipinski definition) is 4. The average Bonchev–Trinajstić information content (AvgIpc) is 2.37. The quantitative estimate of drug-likeness (QED) is 0.365. The Hall–Kier alpha value is -0.900. The molecule has 48 valence electrons. The van der Waals surface area contributed by atoms with Crippen LogP contribution in [0.2, 0.25) is 0 Å². The van der Waals surface area contributed by atoms with Crippen LogP contribution in [0.25, 0.3) is 0 Å². The Morgan fingerprint density at radius 1 is 1.89 bits per heavy atom. The molecule has 0 aliphatic rings. The van der Waals surface area contributed by atoms with Gasteiger partial charge >= 0.3 is 0 Å². The van der Waals surface area contributed by atoms with E-state index >= 15 is 0 Å². The lowest BCUT2D eigenvalue weighted by atomic mass is 10.4. The van der Waals surface area contributed by atoms with Crippen LogP contribution in [0.15, 0.2) is 16.9 Å². The second-order valence-electron chi connectivity index (χ2n) is 1.55. The highest BCUT2D eigenvalue weighted by molar-refractivity contribution is 7.11. The Morgan fingerprint density at radius 3 is 3.11 bits per heavy atom. The zero-order valence-electron chi connectivity index (χ0n) is 4.90. The third-order valence-corrected chi connectivity index (χ3v) is 1.82. The first-order valence-corrected chi connectivity index (χ1v) is 3.30. The van der Waals surface area contributed by atoms with E-state index in [-0.39, 0.29) is 0 Å². The first-order chi connectivity index (χ1) is 4.34. The van der Waals surface area contributed by atoms with Crippen LogP contribution in [0.4, 0.5) is 0 Å². The third-order valence-electron chi connectivity index (χ3n) is 0.939. The first kappa shape index (κ1) is 6.22. The van der Waals surface area contributed by atoms with Gasteiger partial charge in [0.15, 0.2) is 0 Å². The molecule has 9 heavy (non-hydrogen) atoms. The Balaban J connectivity index is 2.90. The molecule has 0 aliphatic carbocycles. The first-order valence-electron chi connectivity index (χ1n) is 2.42. The van der Waals surface area contributed by atoms with E-state index in [4.69, 9.17) is 5.21 Å². The summed E-state index contributed by atoms with van der Waals surface area (Å²) in [7, 11) is 0. The summed E-state index contributed by atoms with van der Waals surface area (Å²) in [5, 5.41) is 11.3. The number of thiazole rings is 1. The van der Waals surface area contributed by atoms with Gasteiger partial charge in [-0.2, -0.15) is 0 Å². The van der Waals surface area contributed by atoms with Crippen molar-refractivity contribution < 1.29 is 5.21 Å². The predicted octanol–water partition coefficient (Wildman–Crippen LogP) is 1.34. The van der Waals surface area contributed by atoms with Gasteiger partial charge in [0, 0.05) is 6.20 Å². The number of oxime groups is 1. The van der Waals surface area contributed by atoms with Crippen molar-refractivity contribution >= 4 is 17.0 Å². The molecule has 0 fully saturated rings. The minimum Gasteiger partial charge on any atom is -0.411 e. The summed E-state index contributed by atoms with van der Waals surface area (Å²) in [5.74, 6) is 0. The van der Waals surface area contributed by atoms with Crippen molar-refractivity contribution in [2.75, 3.05) is 0 Å². The normalized spacial score (nSPS) is 11.9. The van der Waals surface area contributed by atoms with E-state index < -0.39 is 0 Å². The fourth-order valence-electron chi connectivity index (χ4n) is 0.444. The molecule has 0 saturated heterocycles. The summed E-state index contributed by atoms with van der Waals surface area (Å²) in [6.07, 6.45) is 1.67. The molecule has 0 unspecified atom stereocenters. The smallest absolute Gasteiger partial charge is 0.0952 e. The van der Waals surface area contributed by atoms with E-state index in [1.165, 1.54) is 11.3 Å². The number of rotatable bonds is 1. The largest absolute Gasteiger partial charge is 0.411 e. The molecular weight excluding hydrogens is 136 g/mol. The molecule has 0 aliphatic heterocycles. The lowest BCUT2D eigenvalue weighted by Crippen LogP contribution is -1.88. The highest BCUT2D eigenvalue weighted by atomic mass is 32.1. The summed E-state index contributed by atoms with van der Waals surface area (Å²) < 4.78 is 0. The van der Waals surface area contributed by atoms with Gasteiger partial charge in [-0.1, -0.05) is 5.16 Å². The van der Waals surface area contributed by atoms with Gasteiger partial charge in [0.25, 0.3) is 0 Å². The SMILES string of the molecule is CC(=NO)c1cncs1. The van der Waals surface area contributed by atoms with Crippen LogP contribution in [-0.2, 0) is 0 Å². The van der Waals surface area contributed by atoms with Crippen molar-refractivity contribution in [1.82, 2.24) is 4.98 Å². The van der Waals surface area contributed by atoms with E-state index in [0.29, 0.717) is 5.71 Å². The van der Waals surface area contributed by atoms with E-state index in [0.717, 1.165) is 4.88 Å². The van der Waals surface area contributed by atoms with Gasteiger partial charge < -0.3 is 5.21 Å². The van der Waals surface area contributed by atoms with Crippen molar-refractivity contribution in [3.05, 3.63) is 16.6 Å². The van der Waals surface area contributed by atoms with Crippen LogP contribution < -0.4 is 0 Å². The lowest BCUT2D eigenvalue weighted by Gasteiger charge is -1.85. The summed E-state index contributed by atoms with van der Waals surface area (Å²) in [4.78, 5) is 4.72. The summed E-state index contributed by atoms with van der Waals surface area (Å²) in [5.41, 5.74) is 2.31. The molecule has 0 spiro atoms. The Bertz CT molecular complexity index is 205. The van der Waals surface area contributed by atoms with Crippen molar-refractivity contribution in [2.24, 2.45) is 5.16 Å². The maximum Gasteiger partial charge on any atom is 0.0952 e. The Kier molecular flexibility index (Phi) is 1.79. The van der Waals surface area contributed by atoms with Gasteiger partial charge in [-0.05, 0) is 6.92 Å². The van der Waals surface area contributed by atoms with Crippen molar-refractivity contribution in [1.29, 1.82) is 0 Å².